The van der Waals surface area contributed by atoms with Gasteiger partial charge in [0.15, 0.2) is 0 Å². The maximum atomic E-state index is 12.5. The Morgan fingerprint density at radius 2 is 1.78 bits per heavy atom. The summed E-state index contributed by atoms with van der Waals surface area (Å²) in [7, 11) is 0. The molecule has 0 saturated heterocycles. The van der Waals surface area contributed by atoms with E-state index in [9.17, 15) is 14.4 Å². The lowest BCUT2D eigenvalue weighted by Gasteiger charge is -2.22. The van der Waals surface area contributed by atoms with Crippen LogP contribution in [-0.2, 0) is 23.8 Å². The minimum Gasteiger partial charge on any atom is -0.455 e. The number of carbonyl (C=O) groups excluding carboxylic acids is 3. The predicted molar refractivity (Wildman–Crippen MR) is 97.7 cm³/mol. The normalized spacial score (nSPS) is 19.9. The molecule has 1 aromatic rings. The van der Waals surface area contributed by atoms with Crippen LogP contribution in [0.15, 0.2) is 42.5 Å². The second-order valence-electron chi connectivity index (χ2n) is 7.25. The molecule has 1 aliphatic rings. The lowest BCUT2D eigenvalue weighted by atomic mass is 10.1. The van der Waals surface area contributed by atoms with Crippen molar-refractivity contribution in [2.45, 2.75) is 58.0 Å². The number of rotatable bonds is 5. The third-order valence-electron chi connectivity index (χ3n) is 3.61. The monoisotopic (exact) mass is 375 g/mol. The first-order valence-corrected chi connectivity index (χ1v) is 8.74. The molecule has 0 bridgehead atoms. The van der Waals surface area contributed by atoms with Gasteiger partial charge in [-0.05, 0) is 26.8 Å². The van der Waals surface area contributed by atoms with Gasteiger partial charge in [-0.2, -0.15) is 0 Å². The number of amides is 1. The second-order valence-corrected chi connectivity index (χ2v) is 7.25. The van der Waals surface area contributed by atoms with Gasteiger partial charge in [-0.3, -0.25) is 4.79 Å². The second kappa shape index (κ2) is 8.70. The Kier molecular flexibility index (Phi) is 6.60. The van der Waals surface area contributed by atoms with Crippen LogP contribution in [0.2, 0.25) is 0 Å². The predicted octanol–water partition coefficient (Wildman–Crippen LogP) is 3.06. The van der Waals surface area contributed by atoms with E-state index in [2.05, 4.69) is 5.32 Å². The van der Waals surface area contributed by atoms with Crippen molar-refractivity contribution in [2.24, 2.45) is 0 Å². The number of esters is 2. The largest absolute Gasteiger partial charge is 0.455 e. The fourth-order valence-corrected chi connectivity index (χ4v) is 2.58. The van der Waals surface area contributed by atoms with Crippen molar-refractivity contribution >= 4 is 18.0 Å². The molecule has 0 radical (unpaired) electrons. The number of alkyl carbamates (subject to hydrolysis) is 1. The first kappa shape index (κ1) is 20.5. The molecule has 1 amide bonds. The third-order valence-corrected chi connectivity index (χ3v) is 3.61. The van der Waals surface area contributed by atoms with Crippen LogP contribution in [0.5, 0.6) is 0 Å². The van der Waals surface area contributed by atoms with Crippen LogP contribution >= 0.6 is 0 Å². The summed E-state index contributed by atoms with van der Waals surface area (Å²) in [6.45, 7) is 6.57. The minimum atomic E-state index is -1.13. The summed E-state index contributed by atoms with van der Waals surface area (Å²) in [4.78, 5) is 35.7. The van der Waals surface area contributed by atoms with E-state index in [0.717, 1.165) is 0 Å². The highest BCUT2D eigenvalue weighted by atomic mass is 16.6. The summed E-state index contributed by atoms with van der Waals surface area (Å²) >= 11 is 0. The van der Waals surface area contributed by atoms with Crippen molar-refractivity contribution in [2.75, 3.05) is 0 Å². The van der Waals surface area contributed by atoms with E-state index in [1.165, 1.54) is 6.92 Å². The maximum Gasteiger partial charge on any atom is 0.408 e. The van der Waals surface area contributed by atoms with Crippen molar-refractivity contribution in [1.82, 2.24) is 5.32 Å². The Labute approximate surface area is 158 Å². The van der Waals surface area contributed by atoms with E-state index in [4.69, 9.17) is 14.2 Å². The van der Waals surface area contributed by atoms with Crippen molar-refractivity contribution in [3.8, 4) is 0 Å². The molecule has 0 saturated carbocycles. The molecule has 7 nitrogen and oxygen atoms in total. The van der Waals surface area contributed by atoms with E-state index in [0.29, 0.717) is 12.0 Å². The lowest BCUT2D eigenvalue weighted by Crippen LogP contribution is -2.38. The zero-order valence-electron chi connectivity index (χ0n) is 15.9. The SMILES string of the molecule is CC(=O)OC(C(=O)O[C@@H]1C=C[C@H](NC(=O)OC(C)(C)C)C1)c1ccccc1. The topological polar surface area (TPSA) is 90.9 Å². The van der Waals surface area contributed by atoms with Gasteiger partial charge >= 0.3 is 18.0 Å². The number of hydrogen-bond acceptors (Lipinski definition) is 6. The summed E-state index contributed by atoms with van der Waals surface area (Å²) < 4.78 is 15.8. The molecule has 3 atom stereocenters. The van der Waals surface area contributed by atoms with Crippen LogP contribution in [0.25, 0.3) is 0 Å². The highest BCUT2D eigenvalue weighted by Crippen LogP contribution is 2.23. The van der Waals surface area contributed by atoms with Gasteiger partial charge in [0, 0.05) is 18.9 Å². The first-order chi connectivity index (χ1) is 12.6. The third kappa shape index (κ3) is 6.77. The van der Waals surface area contributed by atoms with E-state index < -0.39 is 35.8 Å². The number of carbonyl (C=O) groups is 3. The van der Waals surface area contributed by atoms with Crippen molar-refractivity contribution in [3.05, 3.63) is 48.0 Å². The fraction of sp³-hybridized carbons (Fsp3) is 0.450. The number of nitrogens with one attached hydrogen (secondary N) is 1. The maximum absolute atomic E-state index is 12.5. The smallest absolute Gasteiger partial charge is 0.408 e. The Hall–Kier alpha value is -2.83. The van der Waals surface area contributed by atoms with Crippen LogP contribution in [0.3, 0.4) is 0 Å². The molecule has 0 heterocycles. The molecule has 1 aromatic carbocycles. The zero-order valence-corrected chi connectivity index (χ0v) is 15.9. The Balaban J connectivity index is 1.92. The minimum absolute atomic E-state index is 0.304. The van der Waals surface area contributed by atoms with Crippen LogP contribution in [0.1, 0.15) is 45.8 Å². The number of hydrogen-bond donors (Lipinski definition) is 1. The number of benzene rings is 1. The average Bonchev–Trinajstić information content (AvgIpc) is 2.98. The molecule has 146 valence electrons. The molecule has 0 fully saturated rings. The van der Waals surface area contributed by atoms with Gasteiger partial charge in [0.25, 0.3) is 0 Å². The molecule has 1 aliphatic carbocycles. The molecule has 1 unspecified atom stereocenters. The van der Waals surface area contributed by atoms with Crippen LogP contribution < -0.4 is 5.32 Å². The Bertz CT molecular complexity index is 707. The molecule has 27 heavy (non-hydrogen) atoms. The van der Waals surface area contributed by atoms with E-state index in [1.54, 1.807) is 63.3 Å². The van der Waals surface area contributed by atoms with Crippen molar-refractivity contribution < 1.29 is 28.6 Å². The van der Waals surface area contributed by atoms with Crippen LogP contribution in [-0.4, -0.2) is 35.8 Å². The van der Waals surface area contributed by atoms with E-state index >= 15 is 0 Å². The van der Waals surface area contributed by atoms with Gasteiger partial charge < -0.3 is 19.5 Å². The number of ether oxygens (including phenoxy) is 3. The fourth-order valence-electron chi connectivity index (χ4n) is 2.58. The highest BCUT2D eigenvalue weighted by molar-refractivity contribution is 5.80. The van der Waals surface area contributed by atoms with Crippen molar-refractivity contribution in [1.29, 1.82) is 0 Å². The lowest BCUT2D eigenvalue weighted by molar-refractivity contribution is -0.169. The van der Waals surface area contributed by atoms with Gasteiger partial charge in [0.1, 0.15) is 11.7 Å². The first-order valence-electron chi connectivity index (χ1n) is 8.74. The molecular formula is C20H25NO6. The van der Waals surface area contributed by atoms with Gasteiger partial charge in [-0.1, -0.05) is 36.4 Å². The zero-order chi connectivity index (χ0) is 20.0. The Morgan fingerprint density at radius 3 is 2.37 bits per heavy atom. The quantitative estimate of drug-likeness (QED) is 0.483. The average molecular weight is 375 g/mol. The Morgan fingerprint density at radius 1 is 1.11 bits per heavy atom. The van der Waals surface area contributed by atoms with Crippen LogP contribution in [0.4, 0.5) is 4.79 Å². The molecule has 0 aromatic heterocycles. The standard InChI is InChI=1S/C20H25NO6/c1-13(22)25-17(14-8-6-5-7-9-14)18(23)26-16-11-10-15(12-16)21-19(24)27-20(2,3)4/h5-11,15-17H,12H2,1-4H3,(H,21,24)/t15-,16+,17?/m0/s1. The van der Waals surface area contributed by atoms with Crippen molar-refractivity contribution in [3.63, 3.8) is 0 Å². The summed E-state index contributed by atoms with van der Waals surface area (Å²) in [6, 6.07) is 8.36. The summed E-state index contributed by atoms with van der Waals surface area (Å²) in [6.07, 6.45) is 1.62. The molecule has 2 rings (SSSR count). The van der Waals surface area contributed by atoms with Gasteiger partial charge in [-0.25, -0.2) is 9.59 Å². The summed E-state index contributed by atoms with van der Waals surface area (Å²) in [5.74, 6) is -1.24. The molecule has 0 aliphatic heterocycles. The van der Waals surface area contributed by atoms with E-state index in [1.807, 2.05) is 0 Å². The van der Waals surface area contributed by atoms with Crippen LogP contribution in [0, 0.1) is 0 Å². The summed E-state index contributed by atoms with van der Waals surface area (Å²) in [5, 5.41) is 2.71. The molecular weight excluding hydrogens is 350 g/mol. The van der Waals surface area contributed by atoms with Gasteiger partial charge in [-0.15, -0.1) is 0 Å². The summed E-state index contributed by atoms with van der Waals surface area (Å²) in [5.41, 5.74) is -0.0614. The molecule has 7 heteroatoms. The van der Waals surface area contributed by atoms with Gasteiger partial charge in [0.2, 0.25) is 6.10 Å². The van der Waals surface area contributed by atoms with Gasteiger partial charge in [0.05, 0.1) is 6.04 Å². The molecule has 0 spiro atoms. The molecule has 1 N–H and O–H groups in total. The van der Waals surface area contributed by atoms with E-state index in [-0.39, 0.29) is 6.04 Å². The highest BCUT2D eigenvalue weighted by Gasteiger charge is 2.30.